The maximum atomic E-state index is 12.4. The lowest BCUT2D eigenvalue weighted by Crippen LogP contribution is -2.32. The van der Waals surface area contributed by atoms with Crippen LogP contribution in [0.2, 0.25) is 0 Å². The Balaban J connectivity index is 2.07. The summed E-state index contributed by atoms with van der Waals surface area (Å²) < 4.78 is 0. The van der Waals surface area contributed by atoms with Gasteiger partial charge in [0.2, 0.25) is 0 Å². The molecule has 2 rings (SSSR count). The molecule has 98 valence electrons. The molecule has 1 aromatic carbocycles. The fourth-order valence-electron chi connectivity index (χ4n) is 2.97. The minimum atomic E-state index is 0.188. The van der Waals surface area contributed by atoms with Crippen LogP contribution in [0.4, 0.5) is 0 Å². The van der Waals surface area contributed by atoms with Gasteiger partial charge in [0, 0.05) is 18.4 Å². The molecule has 2 nitrogen and oxygen atoms in total. The zero-order valence-corrected chi connectivity index (χ0v) is 11.4. The summed E-state index contributed by atoms with van der Waals surface area (Å²) in [5.41, 5.74) is 9.62. The summed E-state index contributed by atoms with van der Waals surface area (Å²) in [5.74, 6) is 0.565. The van der Waals surface area contributed by atoms with Crippen LogP contribution in [0.3, 0.4) is 0 Å². The van der Waals surface area contributed by atoms with Crippen molar-refractivity contribution >= 4 is 5.78 Å². The lowest BCUT2D eigenvalue weighted by atomic mass is 9.81. The molecule has 1 aliphatic carbocycles. The maximum Gasteiger partial charge on any atom is 0.140 e. The molecular formula is C16H23NO. The summed E-state index contributed by atoms with van der Waals surface area (Å²) in [4.78, 5) is 12.4. The molecule has 18 heavy (non-hydrogen) atoms. The van der Waals surface area contributed by atoms with E-state index in [0.717, 1.165) is 25.7 Å². The molecule has 1 aliphatic rings. The highest BCUT2D eigenvalue weighted by molar-refractivity contribution is 5.84. The van der Waals surface area contributed by atoms with Crippen LogP contribution in [0, 0.1) is 19.8 Å². The Morgan fingerprint density at radius 3 is 2.56 bits per heavy atom. The van der Waals surface area contributed by atoms with Crippen LogP contribution >= 0.6 is 0 Å². The molecule has 2 atom stereocenters. The zero-order valence-electron chi connectivity index (χ0n) is 11.4. The van der Waals surface area contributed by atoms with Gasteiger partial charge in [0.05, 0.1) is 0 Å². The van der Waals surface area contributed by atoms with E-state index in [0.29, 0.717) is 12.2 Å². The third kappa shape index (κ3) is 2.99. The van der Waals surface area contributed by atoms with Gasteiger partial charge in [-0.25, -0.2) is 0 Å². The van der Waals surface area contributed by atoms with Crippen LogP contribution in [0.25, 0.3) is 0 Å². The minimum Gasteiger partial charge on any atom is -0.328 e. The zero-order chi connectivity index (χ0) is 13.1. The number of carbonyl (C=O) groups is 1. The number of nitrogens with two attached hydrogens (primary N) is 1. The Bertz CT molecular complexity index is 418. The third-order valence-corrected chi connectivity index (χ3v) is 4.17. The molecular weight excluding hydrogens is 222 g/mol. The highest BCUT2D eigenvalue weighted by Gasteiger charge is 2.25. The Morgan fingerprint density at radius 1 is 1.28 bits per heavy atom. The quantitative estimate of drug-likeness (QED) is 0.889. The van der Waals surface area contributed by atoms with Crippen LogP contribution in [0.1, 0.15) is 42.4 Å². The van der Waals surface area contributed by atoms with Crippen LogP contribution < -0.4 is 5.73 Å². The van der Waals surface area contributed by atoms with Crippen LogP contribution in [0.5, 0.6) is 0 Å². The van der Waals surface area contributed by atoms with Crippen molar-refractivity contribution in [1.82, 2.24) is 0 Å². The van der Waals surface area contributed by atoms with E-state index in [-0.39, 0.29) is 12.0 Å². The number of hydrogen-bond donors (Lipinski definition) is 1. The van der Waals surface area contributed by atoms with E-state index in [1.807, 2.05) is 0 Å². The van der Waals surface area contributed by atoms with Gasteiger partial charge < -0.3 is 5.73 Å². The van der Waals surface area contributed by atoms with Crippen LogP contribution in [0.15, 0.2) is 18.2 Å². The first-order valence-corrected chi connectivity index (χ1v) is 6.91. The SMILES string of the molecule is Cc1cccc(C)c1CC(=O)C1CCCC(N)C1. The summed E-state index contributed by atoms with van der Waals surface area (Å²) in [6.07, 6.45) is 4.66. The number of aryl methyl sites for hydroxylation is 2. The van der Waals surface area contributed by atoms with Gasteiger partial charge in [0.25, 0.3) is 0 Å². The van der Waals surface area contributed by atoms with E-state index in [1.54, 1.807) is 0 Å². The first-order chi connectivity index (χ1) is 8.58. The van der Waals surface area contributed by atoms with E-state index in [9.17, 15) is 4.79 Å². The number of Topliss-reactive ketones (excluding diaryl/α,β-unsaturated/α-hetero) is 1. The van der Waals surface area contributed by atoms with Crippen molar-refractivity contribution in [2.75, 3.05) is 0 Å². The van der Waals surface area contributed by atoms with E-state index in [2.05, 4.69) is 32.0 Å². The van der Waals surface area contributed by atoms with Gasteiger partial charge in [-0.2, -0.15) is 0 Å². The average Bonchev–Trinajstić information content (AvgIpc) is 2.34. The van der Waals surface area contributed by atoms with Crippen molar-refractivity contribution in [3.63, 3.8) is 0 Å². The standard InChI is InChI=1S/C16H23NO/c1-11-5-3-6-12(2)15(11)10-16(18)13-7-4-8-14(17)9-13/h3,5-6,13-14H,4,7-10,17H2,1-2H3. The lowest BCUT2D eigenvalue weighted by molar-refractivity contribution is -0.123. The number of ketones is 1. The molecule has 1 saturated carbocycles. The molecule has 2 N–H and O–H groups in total. The fourth-order valence-corrected chi connectivity index (χ4v) is 2.97. The Morgan fingerprint density at radius 2 is 1.94 bits per heavy atom. The highest BCUT2D eigenvalue weighted by Crippen LogP contribution is 2.26. The molecule has 2 unspecified atom stereocenters. The first kappa shape index (κ1) is 13.3. The number of rotatable bonds is 3. The molecule has 0 heterocycles. The Labute approximate surface area is 110 Å². The molecule has 0 amide bonds. The highest BCUT2D eigenvalue weighted by atomic mass is 16.1. The predicted molar refractivity (Wildman–Crippen MR) is 74.6 cm³/mol. The summed E-state index contributed by atoms with van der Waals surface area (Å²) in [5, 5.41) is 0. The molecule has 0 spiro atoms. The Kier molecular flexibility index (Phi) is 4.18. The molecule has 0 aliphatic heterocycles. The smallest absolute Gasteiger partial charge is 0.140 e. The van der Waals surface area contributed by atoms with Crippen molar-refractivity contribution in [1.29, 1.82) is 0 Å². The summed E-state index contributed by atoms with van der Waals surface area (Å²) in [6.45, 7) is 4.17. The molecule has 1 aromatic rings. The van der Waals surface area contributed by atoms with Crippen molar-refractivity contribution in [2.24, 2.45) is 11.7 Å². The second-order valence-electron chi connectivity index (χ2n) is 5.64. The predicted octanol–water partition coefficient (Wildman–Crippen LogP) is 2.93. The van der Waals surface area contributed by atoms with Crippen molar-refractivity contribution in [3.8, 4) is 0 Å². The van der Waals surface area contributed by atoms with Crippen molar-refractivity contribution < 1.29 is 4.79 Å². The van der Waals surface area contributed by atoms with Gasteiger partial charge >= 0.3 is 0 Å². The second kappa shape index (κ2) is 5.66. The van der Waals surface area contributed by atoms with E-state index in [4.69, 9.17) is 5.73 Å². The topological polar surface area (TPSA) is 43.1 Å². The minimum absolute atomic E-state index is 0.188. The first-order valence-electron chi connectivity index (χ1n) is 6.91. The van der Waals surface area contributed by atoms with Gasteiger partial charge in [-0.15, -0.1) is 0 Å². The monoisotopic (exact) mass is 245 g/mol. The van der Waals surface area contributed by atoms with Gasteiger partial charge in [-0.3, -0.25) is 4.79 Å². The maximum absolute atomic E-state index is 12.4. The summed E-state index contributed by atoms with van der Waals surface area (Å²) in [7, 11) is 0. The average molecular weight is 245 g/mol. The molecule has 2 heteroatoms. The number of benzene rings is 1. The molecule has 0 bridgehead atoms. The van der Waals surface area contributed by atoms with Crippen molar-refractivity contribution in [3.05, 3.63) is 34.9 Å². The summed E-state index contributed by atoms with van der Waals surface area (Å²) in [6, 6.07) is 6.45. The summed E-state index contributed by atoms with van der Waals surface area (Å²) >= 11 is 0. The molecule has 0 radical (unpaired) electrons. The molecule has 1 fully saturated rings. The Hall–Kier alpha value is -1.15. The number of carbonyl (C=O) groups excluding carboxylic acids is 1. The van der Waals surface area contributed by atoms with Crippen LogP contribution in [-0.2, 0) is 11.2 Å². The van der Waals surface area contributed by atoms with Gasteiger partial charge in [-0.1, -0.05) is 24.6 Å². The van der Waals surface area contributed by atoms with Gasteiger partial charge in [0.15, 0.2) is 0 Å². The van der Waals surface area contributed by atoms with Crippen molar-refractivity contribution in [2.45, 2.75) is 52.0 Å². The number of hydrogen-bond acceptors (Lipinski definition) is 2. The molecule has 0 saturated heterocycles. The second-order valence-corrected chi connectivity index (χ2v) is 5.64. The fraction of sp³-hybridized carbons (Fsp3) is 0.562. The van der Waals surface area contributed by atoms with Gasteiger partial charge in [-0.05, 0) is 49.8 Å². The molecule has 0 aromatic heterocycles. The van der Waals surface area contributed by atoms with E-state index >= 15 is 0 Å². The van der Waals surface area contributed by atoms with E-state index < -0.39 is 0 Å². The normalized spacial score (nSPS) is 23.9. The van der Waals surface area contributed by atoms with Gasteiger partial charge in [0.1, 0.15) is 5.78 Å². The van der Waals surface area contributed by atoms with Crippen LogP contribution in [-0.4, -0.2) is 11.8 Å². The van der Waals surface area contributed by atoms with E-state index in [1.165, 1.54) is 16.7 Å². The third-order valence-electron chi connectivity index (χ3n) is 4.17. The largest absolute Gasteiger partial charge is 0.328 e. The lowest BCUT2D eigenvalue weighted by Gasteiger charge is -2.25.